The van der Waals surface area contributed by atoms with Crippen LogP contribution in [-0.4, -0.2) is 54.6 Å². The van der Waals surface area contributed by atoms with Crippen LogP contribution in [0.2, 0.25) is 0 Å². The van der Waals surface area contributed by atoms with Crippen molar-refractivity contribution in [2.24, 2.45) is 0 Å². The van der Waals surface area contributed by atoms with Crippen LogP contribution >= 0.6 is 15.9 Å². The summed E-state index contributed by atoms with van der Waals surface area (Å²) in [7, 11) is 0. The number of hydrogen-bond acceptors (Lipinski definition) is 7. The van der Waals surface area contributed by atoms with E-state index in [-0.39, 0.29) is 24.8 Å². The summed E-state index contributed by atoms with van der Waals surface area (Å²) in [4.78, 5) is 50.8. The van der Waals surface area contributed by atoms with Gasteiger partial charge in [0.15, 0.2) is 18.1 Å². The molecule has 0 unspecified atom stereocenters. The van der Waals surface area contributed by atoms with Gasteiger partial charge in [-0.2, -0.15) is 0 Å². The lowest BCUT2D eigenvalue weighted by Gasteiger charge is -2.35. The number of carbonyl (C=O) groups is 4. The number of barbiturate groups is 1. The van der Waals surface area contributed by atoms with Gasteiger partial charge in [0.2, 0.25) is 0 Å². The number of urea groups is 1. The van der Waals surface area contributed by atoms with Crippen LogP contribution in [0.25, 0.3) is 6.08 Å². The third-order valence-corrected chi connectivity index (χ3v) is 5.94. The van der Waals surface area contributed by atoms with E-state index in [4.69, 9.17) is 14.2 Å². The third kappa shape index (κ3) is 5.93. The van der Waals surface area contributed by atoms with Crippen molar-refractivity contribution >= 4 is 45.8 Å². The summed E-state index contributed by atoms with van der Waals surface area (Å²) in [5.74, 6) is -1.24. The first kappa shape index (κ1) is 24.8. The molecule has 1 aromatic rings. The molecule has 1 heterocycles. The number of ether oxygens (including phenoxy) is 3. The minimum atomic E-state index is -0.742. The minimum absolute atomic E-state index is 0.130. The number of rotatable bonds is 8. The molecule has 1 saturated heterocycles. The zero-order valence-corrected chi connectivity index (χ0v) is 20.2. The smallest absolute Gasteiger partial charge is 0.344 e. The van der Waals surface area contributed by atoms with Crippen molar-refractivity contribution < 1.29 is 33.4 Å². The Morgan fingerprint density at radius 1 is 1.12 bits per heavy atom. The van der Waals surface area contributed by atoms with Gasteiger partial charge in [0.25, 0.3) is 11.8 Å². The van der Waals surface area contributed by atoms with Crippen molar-refractivity contribution in [3.8, 4) is 11.5 Å². The lowest BCUT2D eigenvalue weighted by atomic mass is 9.93. The van der Waals surface area contributed by atoms with Gasteiger partial charge in [0, 0.05) is 6.04 Å². The van der Waals surface area contributed by atoms with Crippen LogP contribution < -0.4 is 14.8 Å². The molecule has 1 aromatic carbocycles. The van der Waals surface area contributed by atoms with Crippen LogP contribution in [0, 0.1) is 0 Å². The van der Waals surface area contributed by atoms with Crippen LogP contribution in [0.1, 0.15) is 51.5 Å². The molecule has 0 atom stereocenters. The number of halogens is 1. The van der Waals surface area contributed by atoms with Gasteiger partial charge in [-0.25, -0.2) is 9.59 Å². The fraction of sp³-hybridized carbons (Fsp3) is 0.478. The van der Waals surface area contributed by atoms with Gasteiger partial charge in [-0.05, 0) is 66.4 Å². The van der Waals surface area contributed by atoms with Crippen LogP contribution in [0.5, 0.6) is 11.5 Å². The Labute approximate surface area is 200 Å². The number of esters is 1. The Balaban J connectivity index is 1.90. The summed E-state index contributed by atoms with van der Waals surface area (Å²) in [6.07, 6.45) is 5.82. The van der Waals surface area contributed by atoms with Crippen molar-refractivity contribution in [1.82, 2.24) is 10.2 Å². The van der Waals surface area contributed by atoms with Crippen molar-refractivity contribution in [2.75, 3.05) is 19.8 Å². The molecule has 0 spiro atoms. The van der Waals surface area contributed by atoms with E-state index >= 15 is 0 Å². The fourth-order valence-electron chi connectivity index (χ4n) is 3.92. The molecule has 4 amide bonds. The molecule has 33 heavy (non-hydrogen) atoms. The monoisotopic (exact) mass is 522 g/mol. The molecule has 0 radical (unpaired) electrons. The van der Waals surface area contributed by atoms with Crippen molar-refractivity contribution in [3.05, 3.63) is 27.7 Å². The van der Waals surface area contributed by atoms with E-state index in [9.17, 15) is 19.2 Å². The number of nitrogens with one attached hydrogen (secondary N) is 1. The van der Waals surface area contributed by atoms with Crippen LogP contribution in [-0.2, 0) is 19.1 Å². The fourth-order valence-corrected chi connectivity index (χ4v) is 4.49. The SMILES string of the molecule is CCOC(=O)COc1c(Br)cc(C=C2C(=O)NC(=O)N(C3CCCCC3)C2=O)cc1OCC. The molecule has 9 nitrogen and oxygen atoms in total. The molecule has 1 N–H and O–H groups in total. The van der Waals surface area contributed by atoms with E-state index in [1.807, 2.05) is 0 Å². The highest BCUT2D eigenvalue weighted by Crippen LogP contribution is 2.38. The van der Waals surface area contributed by atoms with Crippen LogP contribution in [0.3, 0.4) is 0 Å². The van der Waals surface area contributed by atoms with E-state index in [1.165, 1.54) is 11.0 Å². The molecule has 1 aliphatic heterocycles. The maximum absolute atomic E-state index is 13.1. The largest absolute Gasteiger partial charge is 0.490 e. The second-order valence-corrected chi connectivity index (χ2v) is 8.50. The lowest BCUT2D eigenvalue weighted by Crippen LogP contribution is -2.58. The number of benzene rings is 1. The summed E-state index contributed by atoms with van der Waals surface area (Å²) in [6, 6.07) is 2.35. The topological polar surface area (TPSA) is 111 Å². The van der Waals surface area contributed by atoms with E-state index in [0.717, 1.165) is 32.1 Å². The molecular weight excluding hydrogens is 496 g/mol. The van der Waals surface area contributed by atoms with Gasteiger partial charge in [0.1, 0.15) is 5.57 Å². The molecular formula is C23H27BrN2O7. The first-order valence-corrected chi connectivity index (χ1v) is 11.8. The quantitative estimate of drug-likeness (QED) is 0.315. The summed E-state index contributed by atoms with van der Waals surface area (Å²) < 4.78 is 16.5. The molecule has 178 valence electrons. The first-order valence-electron chi connectivity index (χ1n) is 11.0. The molecule has 2 fully saturated rings. The Morgan fingerprint density at radius 3 is 2.52 bits per heavy atom. The number of amides is 4. The average molecular weight is 523 g/mol. The Hall–Kier alpha value is -2.88. The highest BCUT2D eigenvalue weighted by atomic mass is 79.9. The van der Waals surface area contributed by atoms with Gasteiger partial charge in [-0.15, -0.1) is 0 Å². The highest BCUT2D eigenvalue weighted by molar-refractivity contribution is 9.10. The Kier molecular flexibility index (Phi) is 8.49. The summed E-state index contributed by atoms with van der Waals surface area (Å²) >= 11 is 3.40. The summed E-state index contributed by atoms with van der Waals surface area (Å²) in [5.41, 5.74) is 0.361. The van der Waals surface area contributed by atoms with Crippen LogP contribution in [0.15, 0.2) is 22.2 Å². The molecule has 0 aromatic heterocycles. The maximum atomic E-state index is 13.1. The third-order valence-electron chi connectivity index (χ3n) is 5.36. The van der Waals surface area contributed by atoms with Gasteiger partial charge >= 0.3 is 12.0 Å². The number of hydrogen-bond donors (Lipinski definition) is 1. The van der Waals surface area contributed by atoms with Crippen molar-refractivity contribution in [3.63, 3.8) is 0 Å². The highest BCUT2D eigenvalue weighted by Gasteiger charge is 2.40. The second kappa shape index (κ2) is 11.3. The summed E-state index contributed by atoms with van der Waals surface area (Å²) in [6.45, 7) is 3.76. The zero-order chi connectivity index (χ0) is 24.0. The van der Waals surface area contributed by atoms with E-state index < -0.39 is 23.8 Å². The molecule has 0 bridgehead atoms. The van der Waals surface area contributed by atoms with E-state index in [0.29, 0.717) is 28.1 Å². The van der Waals surface area contributed by atoms with Gasteiger partial charge < -0.3 is 14.2 Å². The predicted octanol–water partition coefficient (Wildman–Crippen LogP) is 3.58. The normalized spacial score (nSPS) is 18.3. The van der Waals surface area contributed by atoms with Crippen molar-refractivity contribution in [1.29, 1.82) is 0 Å². The zero-order valence-electron chi connectivity index (χ0n) is 18.6. The molecule has 10 heteroatoms. The lowest BCUT2D eigenvalue weighted by molar-refractivity contribution is -0.145. The molecule has 3 rings (SSSR count). The van der Waals surface area contributed by atoms with Gasteiger partial charge in [-0.3, -0.25) is 19.8 Å². The standard InChI is InChI=1S/C23H27BrN2O7/c1-3-31-18-12-14(11-17(24)20(18)33-13-19(27)32-4-2)10-16-21(28)25-23(30)26(22(16)29)15-8-6-5-7-9-15/h10-12,15H,3-9,13H2,1-2H3,(H,25,28,30). The molecule has 1 saturated carbocycles. The minimum Gasteiger partial charge on any atom is -0.490 e. The maximum Gasteiger partial charge on any atom is 0.344 e. The van der Waals surface area contributed by atoms with E-state index in [1.54, 1.807) is 26.0 Å². The van der Waals surface area contributed by atoms with Crippen LogP contribution in [0.4, 0.5) is 4.79 Å². The van der Waals surface area contributed by atoms with E-state index in [2.05, 4.69) is 21.2 Å². The predicted molar refractivity (Wildman–Crippen MR) is 123 cm³/mol. The number of imide groups is 2. The van der Waals surface area contributed by atoms with Gasteiger partial charge in [-0.1, -0.05) is 19.3 Å². The van der Waals surface area contributed by atoms with Gasteiger partial charge in [0.05, 0.1) is 17.7 Å². The Bertz CT molecular complexity index is 970. The summed E-state index contributed by atoms with van der Waals surface area (Å²) in [5, 5.41) is 2.28. The second-order valence-electron chi connectivity index (χ2n) is 7.64. The number of nitrogens with zero attached hydrogens (tertiary/aromatic N) is 1. The first-order chi connectivity index (χ1) is 15.8. The average Bonchev–Trinajstić information content (AvgIpc) is 2.77. The number of carbonyl (C=O) groups excluding carboxylic acids is 4. The molecule has 1 aliphatic carbocycles. The van der Waals surface area contributed by atoms with Crippen molar-refractivity contribution in [2.45, 2.75) is 52.0 Å². The molecule has 2 aliphatic rings. The Morgan fingerprint density at radius 2 is 1.85 bits per heavy atom.